The molecule has 0 aliphatic rings. The third-order valence-electron chi connectivity index (χ3n) is 2.71. The van der Waals surface area contributed by atoms with Gasteiger partial charge in [0, 0.05) is 6.04 Å². The summed E-state index contributed by atoms with van der Waals surface area (Å²) in [4.78, 5) is 2.30. The van der Waals surface area contributed by atoms with Crippen molar-refractivity contribution in [2.75, 3.05) is 14.1 Å². The number of hydrogen-bond acceptors (Lipinski definition) is 1. The van der Waals surface area contributed by atoms with Crippen LogP contribution in [-0.2, 0) is 0 Å². The number of nitrogens with zero attached hydrogens (tertiary/aromatic N) is 1. The standard InChI is InChI=1S/C10H23N/c1-6-10(7-2)8-9(3)11(4)5/h9-10H,6-8H2,1-5H3. The van der Waals surface area contributed by atoms with Crippen LogP contribution in [0.1, 0.15) is 40.0 Å². The molecule has 0 bridgehead atoms. The Morgan fingerprint density at radius 1 is 1.09 bits per heavy atom. The van der Waals surface area contributed by atoms with Gasteiger partial charge in [0.05, 0.1) is 0 Å². The van der Waals surface area contributed by atoms with E-state index >= 15 is 0 Å². The summed E-state index contributed by atoms with van der Waals surface area (Å²) in [5.41, 5.74) is 0. The predicted molar refractivity (Wildman–Crippen MR) is 51.8 cm³/mol. The van der Waals surface area contributed by atoms with Gasteiger partial charge < -0.3 is 4.90 Å². The molecule has 1 unspecified atom stereocenters. The maximum atomic E-state index is 2.30. The first-order chi connectivity index (χ1) is 5.11. The predicted octanol–water partition coefficient (Wildman–Crippen LogP) is 2.76. The van der Waals surface area contributed by atoms with Gasteiger partial charge in [-0.2, -0.15) is 0 Å². The lowest BCUT2D eigenvalue weighted by Crippen LogP contribution is -2.26. The normalized spacial score (nSPS) is 14.5. The molecule has 0 aromatic heterocycles. The molecule has 0 saturated heterocycles. The summed E-state index contributed by atoms with van der Waals surface area (Å²) in [5, 5.41) is 0. The summed E-state index contributed by atoms with van der Waals surface area (Å²) >= 11 is 0. The van der Waals surface area contributed by atoms with Crippen LogP contribution in [0.5, 0.6) is 0 Å². The van der Waals surface area contributed by atoms with Crippen LogP contribution in [0.3, 0.4) is 0 Å². The first-order valence-electron chi connectivity index (χ1n) is 4.78. The van der Waals surface area contributed by atoms with Gasteiger partial charge in [-0.25, -0.2) is 0 Å². The van der Waals surface area contributed by atoms with Crippen LogP contribution in [0.25, 0.3) is 0 Å². The van der Waals surface area contributed by atoms with Crippen molar-refractivity contribution in [1.29, 1.82) is 0 Å². The smallest absolute Gasteiger partial charge is 0.00634 e. The average Bonchev–Trinajstić information content (AvgIpc) is 1.99. The zero-order valence-corrected chi connectivity index (χ0v) is 8.72. The molecule has 0 rings (SSSR count). The molecule has 0 aliphatic carbocycles. The quantitative estimate of drug-likeness (QED) is 0.593. The minimum Gasteiger partial charge on any atom is -0.307 e. The van der Waals surface area contributed by atoms with Crippen molar-refractivity contribution in [3.63, 3.8) is 0 Å². The maximum Gasteiger partial charge on any atom is 0.00634 e. The molecule has 0 aromatic rings. The van der Waals surface area contributed by atoms with E-state index in [9.17, 15) is 0 Å². The second-order valence-electron chi connectivity index (χ2n) is 3.73. The van der Waals surface area contributed by atoms with E-state index < -0.39 is 0 Å². The van der Waals surface area contributed by atoms with E-state index in [1.807, 2.05) is 0 Å². The van der Waals surface area contributed by atoms with Crippen LogP contribution in [-0.4, -0.2) is 25.0 Å². The lowest BCUT2D eigenvalue weighted by atomic mass is 9.95. The molecule has 68 valence electrons. The Morgan fingerprint density at radius 3 is 1.82 bits per heavy atom. The SMILES string of the molecule is CCC(CC)CC(C)N(C)C. The van der Waals surface area contributed by atoms with E-state index in [1.165, 1.54) is 19.3 Å². The lowest BCUT2D eigenvalue weighted by molar-refractivity contribution is 0.255. The zero-order valence-electron chi connectivity index (χ0n) is 8.72. The highest BCUT2D eigenvalue weighted by Gasteiger charge is 2.10. The topological polar surface area (TPSA) is 3.24 Å². The van der Waals surface area contributed by atoms with Crippen LogP contribution in [0.15, 0.2) is 0 Å². The Labute approximate surface area is 71.8 Å². The summed E-state index contributed by atoms with van der Waals surface area (Å²) < 4.78 is 0. The summed E-state index contributed by atoms with van der Waals surface area (Å²) in [5.74, 6) is 0.924. The highest BCUT2D eigenvalue weighted by atomic mass is 15.1. The largest absolute Gasteiger partial charge is 0.307 e. The molecule has 0 saturated carbocycles. The van der Waals surface area contributed by atoms with Crippen LogP contribution < -0.4 is 0 Å². The molecule has 0 heterocycles. The van der Waals surface area contributed by atoms with Gasteiger partial charge in [0.2, 0.25) is 0 Å². The van der Waals surface area contributed by atoms with Crippen LogP contribution in [0.2, 0.25) is 0 Å². The zero-order chi connectivity index (χ0) is 8.85. The van der Waals surface area contributed by atoms with E-state index in [2.05, 4.69) is 39.8 Å². The molecule has 1 heteroatoms. The summed E-state index contributed by atoms with van der Waals surface area (Å²) in [7, 11) is 4.32. The Balaban J connectivity index is 3.62. The van der Waals surface area contributed by atoms with Crippen molar-refractivity contribution in [2.45, 2.75) is 46.1 Å². The Hall–Kier alpha value is -0.0400. The van der Waals surface area contributed by atoms with Crippen LogP contribution in [0.4, 0.5) is 0 Å². The van der Waals surface area contributed by atoms with E-state index in [0.29, 0.717) is 0 Å². The fraction of sp³-hybridized carbons (Fsp3) is 1.00. The molecule has 0 spiro atoms. The average molecular weight is 157 g/mol. The highest BCUT2D eigenvalue weighted by Crippen LogP contribution is 2.16. The van der Waals surface area contributed by atoms with Crippen molar-refractivity contribution in [3.05, 3.63) is 0 Å². The van der Waals surface area contributed by atoms with E-state index in [0.717, 1.165) is 12.0 Å². The van der Waals surface area contributed by atoms with Crippen molar-refractivity contribution in [2.24, 2.45) is 5.92 Å². The van der Waals surface area contributed by atoms with Crippen molar-refractivity contribution in [3.8, 4) is 0 Å². The minimum absolute atomic E-state index is 0.736. The van der Waals surface area contributed by atoms with Gasteiger partial charge in [-0.1, -0.05) is 26.7 Å². The van der Waals surface area contributed by atoms with Gasteiger partial charge in [0.15, 0.2) is 0 Å². The molecule has 1 nitrogen and oxygen atoms in total. The van der Waals surface area contributed by atoms with E-state index in [-0.39, 0.29) is 0 Å². The summed E-state index contributed by atoms with van der Waals surface area (Å²) in [6, 6.07) is 0.736. The van der Waals surface area contributed by atoms with Crippen LogP contribution >= 0.6 is 0 Å². The van der Waals surface area contributed by atoms with E-state index in [1.54, 1.807) is 0 Å². The Morgan fingerprint density at radius 2 is 1.55 bits per heavy atom. The second-order valence-corrected chi connectivity index (χ2v) is 3.73. The number of hydrogen-bond donors (Lipinski definition) is 0. The maximum absolute atomic E-state index is 2.30. The van der Waals surface area contributed by atoms with Gasteiger partial charge in [-0.05, 0) is 33.4 Å². The second kappa shape index (κ2) is 5.59. The molecule has 0 aromatic carbocycles. The van der Waals surface area contributed by atoms with Gasteiger partial charge in [0.1, 0.15) is 0 Å². The van der Waals surface area contributed by atoms with E-state index in [4.69, 9.17) is 0 Å². The first kappa shape index (κ1) is 11.0. The molecular weight excluding hydrogens is 134 g/mol. The minimum atomic E-state index is 0.736. The first-order valence-corrected chi connectivity index (χ1v) is 4.78. The highest BCUT2D eigenvalue weighted by molar-refractivity contribution is 4.65. The third kappa shape index (κ3) is 4.41. The van der Waals surface area contributed by atoms with Crippen molar-refractivity contribution in [1.82, 2.24) is 4.90 Å². The van der Waals surface area contributed by atoms with Gasteiger partial charge in [-0.15, -0.1) is 0 Å². The fourth-order valence-corrected chi connectivity index (χ4v) is 1.32. The lowest BCUT2D eigenvalue weighted by Gasteiger charge is -2.23. The molecule has 0 aliphatic heterocycles. The monoisotopic (exact) mass is 157 g/mol. The van der Waals surface area contributed by atoms with Crippen LogP contribution in [0, 0.1) is 5.92 Å². The number of rotatable bonds is 5. The summed E-state index contributed by atoms with van der Waals surface area (Å²) in [6.07, 6.45) is 4.00. The molecule has 0 radical (unpaired) electrons. The molecule has 0 fully saturated rings. The Kier molecular flexibility index (Phi) is 5.57. The van der Waals surface area contributed by atoms with Gasteiger partial charge >= 0.3 is 0 Å². The van der Waals surface area contributed by atoms with Gasteiger partial charge in [0.25, 0.3) is 0 Å². The third-order valence-corrected chi connectivity index (χ3v) is 2.71. The molecule has 11 heavy (non-hydrogen) atoms. The van der Waals surface area contributed by atoms with Crippen molar-refractivity contribution >= 4 is 0 Å². The fourth-order valence-electron chi connectivity index (χ4n) is 1.32. The van der Waals surface area contributed by atoms with Gasteiger partial charge in [-0.3, -0.25) is 0 Å². The summed E-state index contributed by atoms with van der Waals surface area (Å²) in [6.45, 7) is 6.88. The molecule has 0 N–H and O–H groups in total. The van der Waals surface area contributed by atoms with Crippen molar-refractivity contribution < 1.29 is 0 Å². The molecule has 1 atom stereocenters. The molecule has 0 amide bonds. The molecular formula is C10H23N. The Bertz CT molecular complexity index is 84.9.